The summed E-state index contributed by atoms with van der Waals surface area (Å²) >= 11 is 0. The van der Waals surface area contributed by atoms with E-state index in [4.69, 9.17) is 9.84 Å². The third-order valence-corrected chi connectivity index (χ3v) is 3.15. The van der Waals surface area contributed by atoms with Gasteiger partial charge in [0.05, 0.1) is 30.3 Å². The summed E-state index contributed by atoms with van der Waals surface area (Å²) in [6.07, 6.45) is 3.85. The minimum Gasteiger partial charge on any atom is -0.476 e. The maximum absolute atomic E-state index is 10.7. The van der Waals surface area contributed by atoms with Crippen LogP contribution in [0.15, 0.2) is 36.8 Å². The lowest BCUT2D eigenvalue weighted by atomic mass is 10.2. The molecule has 0 aliphatic carbocycles. The Morgan fingerprint density at radius 3 is 3.10 bits per heavy atom. The summed E-state index contributed by atoms with van der Waals surface area (Å²) in [6, 6.07) is 5.60. The predicted octanol–water partition coefficient (Wildman–Crippen LogP) is 1.97. The summed E-state index contributed by atoms with van der Waals surface area (Å²) in [5, 5.41) is 11.1. The van der Waals surface area contributed by atoms with Crippen LogP contribution in [-0.2, 0) is 6.54 Å². The minimum atomic E-state index is -1.12. The van der Waals surface area contributed by atoms with Crippen molar-refractivity contribution in [3.8, 4) is 5.88 Å². The lowest BCUT2D eigenvalue weighted by molar-refractivity contribution is 0.209. The van der Waals surface area contributed by atoms with Gasteiger partial charge in [0, 0.05) is 18.3 Å². The van der Waals surface area contributed by atoms with Gasteiger partial charge in [0.25, 0.3) is 0 Å². The Hall–Kier alpha value is -2.83. The molecule has 3 rings (SSSR count). The number of anilines is 2. The summed E-state index contributed by atoms with van der Waals surface area (Å²) in [6.45, 7) is 1.81. The van der Waals surface area contributed by atoms with Gasteiger partial charge in [0.15, 0.2) is 0 Å². The Balaban J connectivity index is 1.88. The Morgan fingerprint density at radius 2 is 2.33 bits per heavy atom. The molecule has 7 nitrogen and oxygen atoms in total. The van der Waals surface area contributed by atoms with Crippen LogP contribution in [-0.4, -0.2) is 34.3 Å². The Morgan fingerprint density at radius 1 is 1.43 bits per heavy atom. The lowest BCUT2D eigenvalue weighted by Gasteiger charge is -2.21. The standard InChI is InChI=1S/C14H14N4O3/c19-14(20)17-11-6-10-9-18(12-2-1-3-15-8-12)4-5-21-13(10)16-7-11/h1-3,6-8,17H,4-5,9H2,(H,19,20). The second-order valence-corrected chi connectivity index (χ2v) is 4.60. The third kappa shape index (κ3) is 3.02. The van der Waals surface area contributed by atoms with E-state index in [9.17, 15) is 4.79 Å². The topological polar surface area (TPSA) is 87.6 Å². The SMILES string of the molecule is O=C(O)Nc1cnc2c(c1)CN(c1cccnc1)CCO2. The number of carbonyl (C=O) groups is 1. The van der Waals surface area contributed by atoms with E-state index in [-0.39, 0.29) is 0 Å². The molecule has 0 saturated heterocycles. The maximum Gasteiger partial charge on any atom is 0.409 e. The number of hydrogen-bond donors (Lipinski definition) is 2. The average molecular weight is 286 g/mol. The van der Waals surface area contributed by atoms with Crippen molar-refractivity contribution >= 4 is 17.5 Å². The fraction of sp³-hybridized carbons (Fsp3) is 0.214. The van der Waals surface area contributed by atoms with Crippen molar-refractivity contribution in [1.29, 1.82) is 0 Å². The predicted molar refractivity (Wildman–Crippen MR) is 76.7 cm³/mol. The summed E-state index contributed by atoms with van der Waals surface area (Å²) in [5.74, 6) is 0.539. The molecule has 108 valence electrons. The number of nitrogens with zero attached hydrogens (tertiary/aromatic N) is 3. The normalized spacial score (nSPS) is 13.8. The van der Waals surface area contributed by atoms with E-state index >= 15 is 0 Å². The fourth-order valence-corrected chi connectivity index (χ4v) is 2.23. The molecule has 2 N–H and O–H groups in total. The van der Waals surface area contributed by atoms with Crippen molar-refractivity contribution in [3.63, 3.8) is 0 Å². The number of rotatable bonds is 2. The van der Waals surface area contributed by atoms with Gasteiger partial charge in [-0.05, 0) is 18.2 Å². The second kappa shape index (κ2) is 5.66. The van der Waals surface area contributed by atoms with E-state index in [2.05, 4.69) is 20.2 Å². The molecule has 0 atom stereocenters. The molecule has 7 heteroatoms. The van der Waals surface area contributed by atoms with Gasteiger partial charge >= 0.3 is 6.09 Å². The van der Waals surface area contributed by atoms with Crippen molar-refractivity contribution in [3.05, 3.63) is 42.4 Å². The number of pyridine rings is 2. The zero-order chi connectivity index (χ0) is 14.7. The zero-order valence-electron chi connectivity index (χ0n) is 11.2. The van der Waals surface area contributed by atoms with Gasteiger partial charge < -0.3 is 14.7 Å². The maximum atomic E-state index is 10.7. The number of aromatic nitrogens is 2. The number of hydrogen-bond acceptors (Lipinski definition) is 5. The van der Waals surface area contributed by atoms with E-state index in [0.29, 0.717) is 31.3 Å². The van der Waals surface area contributed by atoms with Crippen LogP contribution < -0.4 is 15.0 Å². The number of fused-ring (bicyclic) bond motifs is 1. The highest BCUT2D eigenvalue weighted by Gasteiger charge is 2.17. The summed E-state index contributed by atoms with van der Waals surface area (Å²) in [4.78, 5) is 21.1. The molecule has 1 aliphatic heterocycles. The molecular formula is C14H14N4O3. The fourth-order valence-electron chi connectivity index (χ4n) is 2.23. The van der Waals surface area contributed by atoms with Crippen LogP contribution in [0.5, 0.6) is 5.88 Å². The number of ether oxygens (including phenoxy) is 1. The van der Waals surface area contributed by atoms with Crippen LogP contribution in [0.3, 0.4) is 0 Å². The lowest BCUT2D eigenvalue weighted by Crippen LogP contribution is -2.25. The number of amides is 1. The molecule has 1 amide bonds. The van der Waals surface area contributed by atoms with Gasteiger partial charge in [0.1, 0.15) is 6.61 Å². The van der Waals surface area contributed by atoms with E-state index in [1.54, 1.807) is 18.5 Å². The molecule has 0 aromatic carbocycles. The molecule has 0 unspecified atom stereocenters. The van der Waals surface area contributed by atoms with Crippen molar-refractivity contribution in [1.82, 2.24) is 9.97 Å². The summed E-state index contributed by atoms with van der Waals surface area (Å²) < 4.78 is 5.61. The third-order valence-electron chi connectivity index (χ3n) is 3.15. The van der Waals surface area contributed by atoms with E-state index in [1.165, 1.54) is 6.20 Å². The molecular weight excluding hydrogens is 272 g/mol. The Kier molecular flexibility index (Phi) is 3.55. The van der Waals surface area contributed by atoms with Gasteiger partial charge in [-0.2, -0.15) is 0 Å². The first-order valence-electron chi connectivity index (χ1n) is 6.49. The molecule has 0 spiro atoms. The zero-order valence-corrected chi connectivity index (χ0v) is 11.2. The highest BCUT2D eigenvalue weighted by molar-refractivity contribution is 5.82. The summed E-state index contributed by atoms with van der Waals surface area (Å²) in [7, 11) is 0. The summed E-state index contributed by atoms with van der Waals surface area (Å²) in [5.41, 5.74) is 2.26. The van der Waals surface area contributed by atoms with Crippen molar-refractivity contribution < 1.29 is 14.6 Å². The van der Waals surface area contributed by atoms with Gasteiger partial charge in [0.2, 0.25) is 5.88 Å². The molecule has 0 bridgehead atoms. The van der Waals surface area contributed by atoms with Crippen LogP contribution in [0.2, 0.25) is 0 Å². The molecule has 1 aliphatic rings. The highest BCUT2D eigenvalue weighted by Crippen LogP contribution is 2.26. The molecule has 3 heterocycles. The van der Waals surface area contributed by atoms with Crippen LogP contribution in [0.4, 0.5) is 16.2 Å². The van der Waals surface area contributed by atoms with Crippen LogP contribution in [0, 0.1) is 0 Å². The van der Waals surface area contributed by atoms with Crippen LogP contribution in [0.25, 0.3) is 0 Å². The molecule has 0 saturated carbocycles. The minimum absolute atomic E-state index is 0.429. The smallest absolute Gasteiger partial charge is 0.409 e. The first kappa shape index (κ1) is 13.2. The van der Waals surface area contributed by atoms with Crippen molar-refractivity contribution in [2.45, 2.75) is 6.54 Å². The van der Waals surface area contributed by atoms with Crippen molar-refractivity contribution in [2.75, 3.05) is 23.4 Å². The molecule has 2 aromatic heterocycles. The van der Waals surface area contributed by atoms with Crippen LogP contribution >= 0.6 is 0 Å². The Bertz CT molecular complexity index is 648. The monoisotopic (exact) mass is 286 g/mol. The van der Waals surface area contributed by atoms with Gasteiger partial charge in [-0.25, -0.2) is 9.78 Å². The molecule has 2 aromatic rings. The largest absolute Gasteiger partial charge is 0.476 e. The number of carboxylic acid groups (broad SMARTS) is 1. The first-order valence-corrected chi connectivity index (χ1v) is 6.49. The van der Waals surface area contributed by atoms with E-state index in [0.717, 1.165) is 11.3 Å². The molecule has 0 fully saturated rings. The highest BCUT2D eigenvalue weighted by atomic mass is 16.5. The number of nitrogens with one attached hydrogen (secondary N) is 1. The first-order chi connectivity index (χ1) is 10.2. The Labute approximate surface area is 121 Å². The van der Waals surface area contributed by atoms with Gasteiger partial charge in [-0.1, -0.05) is 0 Å². The quantitative estimate of drug-likeness (QED) is 0.877. The van der Waals surface area contributed by atoms with Crippen molar-refractivity contribution in [2.24, 2.45) is 0 Å². The molecule has 0 radical (unpaired) electrons. The average Bonchev–Trinajstić information content (AvgIpc) is 2.69. The van der Waals surface area contributed by atoms with E-state index in [1.807, 2.05) is 12.1 Å². The van der Waals surface area contributed by atoms with Gasteiger partial charge in [-0.3, -0.25) is 10.3 Å². The van der Waals surface area contributed by atoms with E-state index < -0.39 is 6.09 Å². The molecule has 21 heavy (non-hydrogen) atoms. The van der Waals surface area contributed by atoms with Gasteiger partial charge in [-0.15, -0.1) is 0 Å². The second-order valence-electron chi connectivity index (χ2n) is 4.60. The van der Waals surface area contributed by atoms with Crippen LogP contribution in [0.1, 0.15) is 5.56 Å².